The lowest BCUT2D eigenvalue weighted by Crippen LogP contribution is -2.22. The summed E-state index contributed by atoms with van der Waals surface area (Å²) in [5.74, 6) is -1.49. The number of aromatic nitrogens is 1. The van der Waals surface area contributed by atoms with Gasteiger partial charge in [-0.25, -0.2) is 9.18 Å². The summed E-state index contributed by atoms with van der Waals surface area (Å²) < 4.78 is 35.5. The Morgan fingerprint density at radius 1 is 0.963 bits per heavy atom. The van der Waals surface area contributed by atoms with Crippen molar-refractivity contribution in [1.82, 2.24) is 4.98 Å². The van der Waals surface area contributed by atoms with Crippen LogP contribution >= 0.6 is 0 Å². The van der Waals surface area contributed by atoms with Gasteiger partial charge in [0.25, 0.3) is 5.09 Å². The summed E-state index contributed by atoms with van der Waals surface area (Å²) in [7, 11) is 2.94. The summed E-state index contributed by atoms with van der Waals surface area (Å²) in [5, 5.41) is 31.0. The molecule has 0 saturated heterocycles. The SMILES string of the molecule is COCc1c(C(C)C)nc(C(C)C)c(/C=C/[C@@H](O)C[C@@H](O)CC(=O)Oc2ccc(OC(=O)/C=C/CCCCO[N+](=O)[O-])cc2OC)c1-c1ccc(F)cc1. The largest absolute Gasteiger partial charge is 0.493 e. The number of carbonyl (C=O) groups is 2. The molecule has 0 unspecified atom stereocenters. The maximum Gasteiger partial charge on any atom is 0.335 e. The van der Waals surface area contributed by atoms with E-state index in [0.29, 0.717) is 19.3 Å². The van der Waals surface area contributed by atoms with Gasteiger partial charge in [0.2, 0.25) is 0 Å². The maximum atomic E-state index is 14.0. The predicted molar refractivity (Wildman–Crippen MR) is 199 cm³/mol. The molecule has 0 saturated carbocycles. The molecule has 0 spiro atoms. The summed E-state index contributed by atoms with van der Waals surface area (Å²) in [5.41, 5.74) is 4.81. The zero-order valence-corrected chi connectivity index (χ0v) is 31.5. The van der Waals surface area contributed by atoms with E-state index in [1.165, 1.54) is 49.6 Å². The average molecular weight is 753 g/mol. The van der Waals surface area contributed by atoms with E-state index >= 15 is 0 Å². The van der Waals surface area contributed by atoms with Crippen LogP contribution < -0.4 is 14.2 Å². The molecule has 14 heteroatoms. The fourth-order valence-electron chi connectivity index (χ4n) is 5.63. The van der Waals surface area contributed by atoms with Gasteiger partial charge in [0.15, 0.2) is 11.5 Å². The topological polar surface area (TPSA) is 177 Å². The summed E-state index contributed by atoms with van der Waals surface area (Å²) >= 11 is 0. The van der Waals surface area contributed by atoms with Gasteiger partial charge in [-0.2, -0.15) is 0 Å². The van der Waals surface area contributed by atoms with Gasteiger partial charge in [0.1, 0.15) is 11.6 Å². The third kappa shape index (κ3) is 13.3. The molecular formula is C40H49FN2O11. The van der Waals surface area contributed by atoms with Crippen molar-refractivity contribution in [3.63, 3.8) is 0 Å². The van der Waals surface area contributed by atoms with Crippen LogP contribution in [0.4, 0.5) is 4.39 Å². The Labute approximate surface area is 314 Å². The molecule has 1 aromatic heterocycles. The van der Waals surface area contributed by atoms with Gasteiger partial charge in [-0.1, -0.05) is 58.1 Å². The second-order valence-electron chi connectivity index (χ2n) is 13.1. The molecule has 13 nitrogen and oxygen atoms in total. The average Bonchev–Trinajstić information content (AvgIpc) is 3.10. The van der Waals surface area contributed by atoms with E-state index < -0.39 is 35.7 Å². The zero-order valence-electron chi connectivity index (χ0n) is 31.5. The van der Waals surface area contributed by atoms with Crippen LogP contribution in [0.1, 0.15) is 94.1 Å². The highest BCUT2D eigenvalue weighted by molar-refractivity contribution is 5.84. The van der Waals surface area contributed by atoms with Crippen LogP contribution in [0.25, 0.3) is 17.2 Å². The fourth-order valence-corrected chi connectivity index (χ4v) is 5.63. The smallest absolute Gasteiger partial charge is 0.335 e. The zero-order chi connectivity index (χ0) is 39.8. The molecule has 2 atom stereocenters. The van der Waals surface area contributed by atoms with Crippen molar-refractivity contribution in [2.45, 2.75) is 90.4 Å². The molecule has 292 valence electrons. The highest BCUT2D eigenvalue weighted by Crippen LogP contribution is 2.38. The summed E-state index contributed by atoms with van der Waals surface area (Å²) in [4.78, 5) is 44.4. The minimum absolute atomic E-state index is 0.00126. The number of nitrogens with zero attached hydrogens (tertiary/aromatic N) is 2. The van der Waals surface area contributed by atoms with Gasteiger partial charge in [-0.15, -0.1) is 10.1 Å². The van der Waals surface area contributed by atoms with Crippen molar-refractivity contribution < 1.29 is 53.1 Å². The fraction of sp³-hybridized carbons (Fsp3) is 0.425. The van der Waals surface area contributed by atoms with Crippen molar-refractivity contribution in [1.29, 1.82) is 0 Å². The van der Waals surface area contributed by atoms with Crippen LogP contribution in [-0.2, 0) is 25.8 Å². The first-order valence-electron chi connectivity index (χ1n) is 17.6. The van der Waals surface area contributed by atoms with Crippen LogP contribution in [0.15, 0.2) is 60.7 Å². The second kappa shape index (κ2) is 21.5. The van der Waals surface area contributed by atoms with Crippen LogP contribution in [0, 0.1) is 15.9 Å². The number of aliphatic hydroxyl groups excluding tert-OH is 2. The molecule has 2 N–H and O–H groups in total. The molecule has 1 heterocycles. The predicted octanol–water partition coefficient (Wildman–Crippen LogP) is 7.25. The van der Waals surface area contributed by atoms with E-state index in [-0.39, 0.29) is 54.5 Å². The standard InChI is InChI=1S/C40H49FN2O11/c1-25(2)39-32(38(27-12-14-28(41)15-13-27)33(24-50-5)40(42-39)26(3)4)18-16-29(44)21-30(45)22-37(47)54-34-19-17-31(23-35(34)51-6)53-36(46)11-9-7-8-10-20-52-43(48)49/h9,11-19,23,25-26,29-30,44-45H,7-8,10,20-22,24H2,1-6H3/b11-9+,18-16+/t29-,30-/m1/s1. The maximum absolute atomic E-state index is 14.0. The van der Waals surface area contributed by atoms with Crippen LogP contribution in [-0.4, -0.2) is 65.3 Å². The van der Waals surface area contributed by atoms with Gasteiger partial charge in [0, 0.05) is 42.5 Å². The number of rotatable bonds is 21. The third-order valence-corrected chi connectivity index (χ3v) is 8.11. The van der Waals surface area contributed by atoms with Gasteiger partial charge >= 0.3 is 11.9 Å². The Morgan fingerprint density at radius 3 is 2.30 bits per heavy atom. The number of aliphatic hydroxyl groups is 2. The molecule has 54 heavy (non-hydrogen) atoms. The number of halogens is 1. The summed E-state index contributed by atoms with van der Waals surface area (Å²) in [6.07, 6.45) is 4.58. The minimum atomic E-state index is -1.26. The van der Waals surface area contributed by atoms with Crippen molar-refractivity contribution in [3.05, 3.63) is 99.1 Å². The van der Waals surface area contributed by atoms with E-state index in [4.69, 9.17) is 23.9 Å². The van der Waals surface area contributed by atoms with Crippen molar-refractivity contribution in [2.24, 2.45) is 0 Å². The lowest BCUT2D eigenvalue weighted by atomic mass is 9.87. The normalized spacial score (nSPS) is 12.7. The number of benzene rings is 2. The number of methoxy groups -OCH3 is 2. The van der Waals surface area contributed by atoms with Gasteiger partial charge in [-0.3, -0.25) is 9.78 Å². The molecule has 0 aliphatic carbocycles. The van der Waals surface area contributed by atoms with Crippen molar-refractivity contribution >= 4 is 18.0 Å². The molecule has 0 bridgehead atoms. The van der Waals surface area contributed by atoms with Gasteiger partial charge < -0.3 is 34.0 Å². The van der Waals surface area contributed by atoms with Gasteiger partial charge in [0.05, 0.1) is 44.6 Å². The monoisotopic (exact) mass is 752 g/mol. The molecule has 3 aromatic rings. The molecule has 3 rings (SSSR count). The van der Waals surface area contributed by atoms with E-state index in [2.05, 4.69) is 4.84 Å². The number of esters is 2. The second-order valence-corrected chi connectivity index (χ2v) is 13.1. The number of hydrogen-bond acceptors (Lipinski definition) is 12. The molecule has 0 amide bonds. The van der Waals surface area contributed by atoms with Crippen LogP contribution in [0.2, 0.25) is 0 Å². The van der Waals surface area contributed by atoms with E-state index in [1.54, 1.807) is 31.4 Å². The minimum Gasteiger partial charge on any atom is -0.493 e. The number of ether oxygens (including phenoxy) is 4. The van der Waals surface area contributed by atoms with Gasteiger partial charge in [-0.05, 0) is 66.5 Å². The highest BCUT2D eigenvalue weighted by atomic mass is 19.1. The first-order chi connectivity index (χ1) is 25.7. The Hall–Kier alpha value is -5.18. The van der Waals surface area contributed by atoms with Crippen molar-refractivity contribution in [3.8, 4) is 28.4 Å². The number of pyridine rings is 1. The Balaban J connectivity index is 1.68. The summed E-state index contributed by atoms with van der Waals surface area (Å²) in [6.45, 7) is 8.36. The summed E-state index contributed by atoms with van der Waals surface area (Å²) in [6, 6.07) is 10.3. The molecule has 2 aromatic carbocycles. The molecule has 0 aliphatic heterocycles. The number of hydrogen-bond donors (Lipinski definition) is 2. The van der Waals surface area contributed by atoms with E-state index in [0.717, 1.165) is 33.6 Å². The lowest BCUT2D eigenvalue weighted by molar-refractivity contribution is -0.757. The first kappa shape index (κ1) is 43.2. The molecule has 0 fully saturated rings. The Kier molecular flexibility index (Phi) is 17.2. The number of carbonyl (C=O) groups excluding carboxylic acids is 2. The van der Waals surface area contributed by atoms with Crippen LogP contribution in [0.3, 0.4) is 0 Å². The number of unbranched alkanes of at least 4 members (excludes halogenated alkanes) is 2. The lowest BCUT2D eigenvalue weighted by Gasteiger charge is -2.23. The molecule has 0 radical (unpaired) electrons. The van der Waals surface area contributed by atoms with E-state index in [1.807, 2.05) is 27.7 Å². The third-order valence-electron chi connectivity index (χ3n) is 8.11. The van der Waals surface area contributed by atoms with E-state index in [9.17, 15) is 34.3 Å². The molecule has 0 aliphatic rings. The number of allylic oxidation sites excluding steroid dienone is 1. The Bertz CT molecular complexity index is 1770. The highest BCUT2D eigenvalue weighted by Gasteiger charge is 2.24. The Morgan fingerprint density at radius 2 is 1.67 bits per heavy atom. The quantitative estimate of drug-likeness (QED) is 0.0279. The van der Waals surface area contributed by atoms with Crippen LogP contribution in [0.5, 0.6) is 17.2 Å². The molecular weight excluding hydrogens is 703 g/mol. The van der Waals surface area contributed by atoms with Crippen molar-refractivity contribution in [2.75, 3.05) is 20.8 Å². The first-order valence-corrected chi connectivity index (χ1v) is 17.6.